The molecule has 0 fully saturated rings. The van der Waals surface area contributed by atoms with Crippen LogP contribution < -0.4 is 10.5 Å². The van der Waals surface area contributed by atoms with Crippen LogP contribution in [0, 0.1) is 0 Å². The van der Waals surface area contributed by atoms with Gasteiger partial charge in [-0.3, -0.25) is 0 Å². The number of pyridine rings is 1. The lowest BCUT2D eigenvalue weighted by atomic mass is 10.3. The van der Waals surface area contributed by atoms with Crippen molar-refractivity contribution in [1.82, 2.24) is 4.98 Å². The molecule has 0 aliphatic heterocycles. The first kappa shape index (κ1) is 13.4. The number of rotatable bonds is 4. The Morgan fingerprint density at radius 1 is 1.16 bits per heavy atom. The van der Waals surface area contributed by atoms with E-state index in [1.54, 1.807) is 30.3 Å². The Morgan fingerprint density at radius 3 is 2.42 bits per heavy atom. The minimum absolute atomic E-state index is 0.266. The number of hydrogen-bond donors (Lipinski definition) is 1. The van der Waals surface area contributed by atoms with E-state index in [1.165, 1.54) is 18.4 Å². The van der Waals surface area contributed by atoms with Crippen molar-refractivity contribution in [3.8, 4) is 5.75 Å². The van der Waals surface area contributed by atoms with Crippen LogP contribution in [0.15, 0.2) is 47.4 Å². The van der Waals surface area contributed by atoms with Crippen molar-refractivity contribution in [3.05, 3.63) is 48.2 Å². The Kier molecular flexibility index (Phi) is 3.71. The van der Waals surface area contributed by atoms with Crippen molar-refractivity contribution in [3.63, 3.8) is 0 Å². The lowest BCUT2D eigenvalue weighted by molar-refractivity contribution is 0.301. The Hall–Kier alpha value is -2.08. The van der Waals surface area contributed by atoms with Gasteiger partial charge in [-0.15, -0.1) is 0 Å². The molecule has 0 bridgehead atoms. The molecule has 19 heavy (non-hydrogen) atoms. The van der Waals surface area contributed by atoms with Crippen molar-refractivity contribution < 1.29 is 13.2 Å². The van der Waals surface area contributed by atoms with E-state index in [-0.39, 0.29) is 11.5 Å². The molecule has 1 aromatic carbocycles. The van der Waals surface area contributed by atoms with Crippen LogP contribution in [0.5, 0.6) is 5.75 Å². The molecule has 1 heterocycles. The van der Waals surface area contributed by atoms with Gasteiger partial charge in [0.15, 0.2) is 9.84 Å². The molecule has 0 aliphatic carbocycles. The number of sulfone groups is 1. The lowest BCUT2D eigenvalue weighted by Crippen LogP contribution is -2.01. The zero-order chi connectivity index (χ0) is 13.9. The van der Waals surface area contributed by atoms with Crippen LogP contribution in [0.4, 0.5) is 5.82 Å². The Labute approximate surface area is 112 Å². The van der Waals surface area contributed by atoms with E-state index in [9.17, 15) is 8.42 Å². The SMILES string of the molecule is CS(=O)(=O)c1ccc(OCc2cccc(N)n2)cc1. The largest absolute Gasteiger partial charge is 0.487 e. The van der Waals surface area contributed by atoms with Gasteiger partial charge in [-0.05, 0) is 36.4 Å². The highest BCUT2D eigenvalue weighted by molar-refractivity contribution is 7.90. The van der Waals surface area contributed by atoms with Gasteiger partial charge in [0.25, 0.3) is 0 Å². The third kappa shape index (κ3) is 3.69. The van der Waals surface area contributed by atoms with E-state index in [4.69, 9.17) is 10.5 Å². The molecule has 0 amide bonds. The third-order valence-corrected chi connectivity index (χ3v) is 3.60. The Bertz CT molecular complexity index is 667. The van der Waals surface area contributed by atoms with Crippen LogP contribution in [0.1, 0.15) is 5.69 Å². The summed E-state index contributed by atoms with van der Waals surface area (Å²) in [6.07, 6.45) is 1.17. The van der Waals surface area contributed by atoms with Crippen LogP contribution in [0.3, 0.4) is 0 Å². The number of nitrogen functional groups attached to an aromatic ring is 1. The predicted octanol–water partition coefficient (Wildman–Crippen LogP) is 1.65. The molecular weight excluding hydrogens is 264 g/mol. The van der Waals surface area contributed by atoms with E-state index < -0.39 is 9.84 Å². The fraction of sp³-hybridized carbons (Fsp3) is 0.154. The molecule has 1 aromatic heterocycles. The fourth-order valence-electron chi connectivity index (χ4n) is 1.52. The average Bonchev–Trinajstić information content (AvgIpc) is 2.36. The van der Waals surface area contributed by atoms with Crippen molar-refractivity contribution in [1.29, 1.82) is 0 Å². The van der Waals surface area contributed by atoms with Gasteiger partial charge in [0.2, 0.25) is 0 Å². The van der Waals surface area contributed by atoms with Crippen molar-refractivity contribution in [2.45, 2.75) is 11.5 Å². The maximum absolute atomic E-state index is 11.3. The maximum Gasteiger partial charge on any atom is 0.175 e. The van der Waals surface area contributed by atoms with E-state index in [0.717, 1.165) is 0 Å². The zero-order valence-electron chi connectivity index (χ0n) is 10.4. The summed E-state index contributed by atoms with van der Waals surface area (Å²) in [6.45, 7) is 0.281. The second-order valence-electron chi connectivity index (χ2n) is 4.09. The standard InChI is InChI=1S/C13H14N2O3S/c1-19(16,17)12-7-5-11(6-8-12)18-9-10-3-2-4-13(14)15-10/h2-8H,9H2,1H3,(H2,14,15). The molecule has 0 atom stereocenters. The van der Waals surface area contributed by atoms with Crippen LogP contribution >= 0.6 is 0 Å². The molecule has 2 N–H and O–H groups in total. The summed E-state index contributed by atoms with van der Waals surface area (Å²) < 4.78 is 28.1. The number of nitrogens with zero attached hydrogens (tertiary/aromatic N) is 1. The predicted molar refractivity (Wildman–Crippen MR) is 72.5 cm³/mol. The van der Waals surface area contributed by atoms with E-state index >= 15 is 0 Å². The third-order valence-electron chi connectivity index (χ3n) is 2.47. The summed E-state index contributed by atoms with van der Waals surface area (Å²) in [5.41, 5.74) is 6.28. The van der Waals surface area contributed by atoms with Crippen LogP contribution in [0.25, 0.3) is 0 Å². The number of nitrogens with two attached hydrogens (primary N) is 1. The van der Waals surface area contributed by atoms with Crippen molar-refractivity contribution in [2.24, 2.45) is 0 Å². The van der Waals surface area contributed by atoms with Gasteiger partial charge in [0.05, 0.1) is 10.6 Å². The molecular formula is C13H14N2O3S. The number of ether oxygens (including phenoxy) is 1. The molecule has 0 aliphatic rings. The molecule has 2 rings (SSSR count). The Morgan fingerprint density at radius 2 is 1.84 bits per heavy atom. The van der Waals surface area contributed by atoms with Gasteiger partial charge < -0.3 is 10.5 Å². The summed E-state index contributed by atoms with van der Waals surface area (Å²) in [5, 5.41) is 0. The average molecular weight is 278 g/mol. The quantitative estimate of drug-likeness (QED) is 0.919. The Balaban J connectivity index is 2.05. The van der Waals surface area contributed by atoms with Crippen molar-refractivity contribution >= 4 is 15.7 Å². The number of anilines is 1. The summed E-state index contributed by atoms with van der Waals surface area (Å²) in [5.74, 6) is 1.02. The number of benzene rings is 1. The van der Waals surface area contributed by atoms with Crippen LogP contribution in [-0.2, 0) is 16.4 Å². The molecule has 5 nitrogen and oxygen atoms in total. The molecule has 6 heteroatoms. The van der Waals surface area contributed by atoms with Gasteiger partial charge in [-0.2, -0.15) is 0 Å². The minimum atomic E-state index is -3.18. The molecule has 2 aromatic rings. The summed E-state index contributed by atoms with van der Waals surface area (Å²) in [7, 11) is -3.18. The van der Waals surface area contributed by atoms with Crippen LogP contribution in [0.2, 0.25) is 0 Å². The lowest BCUT2D eigenvalue weighted by Gasteiger charge is -2.06. The molecule has 0 saturated carbocycles. The van der Waals surface area contributed by atoms with Gasteiger partial charge in [0, 0.05) is 6.26 Å². The highest BCUT2D eigenvalue weighted by atomic mass is 32.2. The zero-order valence-corrected chi connectivity index (χ0v) is 11.2. The minimum Gasteiger partial charge on any atom is -0.487 e. The monoisotopic (exact) mass is 278 g/mol. The molecule has 0 radical (unpaired) electrons. The summed E-state index contributed by atoms with van der Waals surface area (Å²) in [4.78, 5) is 4.37. The first-order chi connectivity index (χ1) is 8.95. The molecule has 0 saturated heterocycles. The highest BCUT2D eigenvalue weighted by Gasteiger charge is 2.06. The molecule has 0 spiro atoms. The summed E-state index contributed by atoms with van der Waals surface area (Å²) in [6, 6.07) is 11.6. The normalized spacial score (nSPS) is 11.2. The number of hydrogen-bond acceptors (Lipinski definition) is 5. The maximum atomic E-state index is 11.3. The van der Waals surface area contributed by atoms with Gasteiger partial charge in [-0.1, -0.05) is 6.07 Å². The highest BCUT2D eigenvalue weighted by Crippen LogP contribution is 2.16. The molecule has 0 unspecified atom stereocenters. The van der Waals surface area contributed by atoms with E-state index in [1.807, 2.05) is 0 Å². The van der Waals surface area contributed by atoms with Gasteiger partial charge in [-0.25, -0.2) is 13.4 Å². The fourth-order valence-corrected chi connectivity index (χ4v) is 2.15. The van der Waals surface area contributed by atoms with Gasteiger partial charge >= 0.3 is 0 Å². The summed E-state index contributed by atoms with van der Waals surface area (Å²) >= 11 is 0. The smallest absolute Gasteiger partial charge is 0.175 e. The topological polar surface area (TPSA) is 82.3 Å². The van der Waals surface area contributed by atoms with E-state index in [0.29, 0.717) is 17.3 Å². The number of aromatic nitrogens is 1. The first-order valence-corrected chi connectivity index (χ1v) is 7.48. The second-order valence-corrected chi connectivity index (χ2v) is 6.10. The van der Waals surface area contributed by atoms with Crippen LogP contribution in [-0.4, -0.2) is 19.7 Å². The van der Waals surface area contributed by atoms with E-state index in [2.05, 4.69) is 4.98 Å². The first-order valence-electron chi connectivity index (χ1n) is 5.59. The molecule has 100 valence electrons. The van der Waals surface area contributed by atoms with Gasteiger partial charge in [0.1, 0.15) is 18.2 Å². The second kappa shape index (κ2) is 5.27. The van der Waals surface area contributed by atoms with Crippen molar-refractivity contribution in [2.75, 3.05) is 12.0 Å².